The van der Waals surface area contributed by atoms with Gasteiger partial charge < -0.3 is 14.2 Å². The highest BCUT2D eigenvalue weighted by Crippen LogP contribution is 2.19. The van der Waals surface area contributed by atoms with Crippen LogP contribution in [0.2, 0.25) is 0 Å². The van der Waals surface area contributed by atoms with E-state index in [9.17, 15) is 0 Å². The number of rotatable bonds is 13. The zero-order valence-corrected chi connectivity index (χ0v) is 14.1. The van der Waals surface area contributed by atoms with Gasteiger partial charge in [0.05, 0.1) is 13.2 Å². The molecule has 0 spiro atoms. The Morgan fingerprint density at radius 1 is 0.909 bits per heavy atom. The van der Waals surface area contributed by atoms with Crippen molar-refractivity contribution in [1.29, 1.82) is 0 Å². The molecule has 0 radical (unpaired) electrons. The number of hydrogen-bond acceptors (Lipinski definition) is 3. The highest BCUT2D eigenvalue weighted by Gasteiger charge is 2.01. The van der Waals surface area contributed by atoms with Crippen molar-refractivity contribution in [3.63, 3.8) is 0 Å². The van der Waals surface area contributed by atoms with Gasteiger partial charge in [-0.25, -0.2) is 0 Å². The first kappa shape index (κ1) is 18.6. The van der Waals surface area contributed by atoms with Crippen LogP contribution in [-0.2, 0) is 9.47 Å². The Bertz CT molecular complexity index is 398. The monoisotopic (exact) mass is 306 g/mol. The lowest BCUT2D eigenvalue weighted by atomic mass is 10.2. The van der Waals surface area contributed by atoms with Gasteiger partial charge in [-0.15, -0.1) is 0 Å². The lowest BCUT2D eigenvalue weighted by Crippen LogP contribution is -1.98. The SMILES string of the molecule is C=C(OCCCCOC)c1ccc(OCCCCCC)cc1. The van der Waals surface area contributed by atoms with E-state index in [0.29, 0.717) is 12.4 Å². The molecule has 0 saturated heterocycles. The smallest absolute Gasteiger partial charge is 0.119 e. The molecule has 0 fully saturated rings. The van der Waals surface area contributed by atoms with Gasteiger partial charge in [-0.05, 0) is 43.5 Å². The van der Waals surface area contributed by atoms with Gasteiger partial charge in [-0.3, -0.25) is 0 Å². The summed E-state index contributed by atoms with van der Waals surface area (Å²) in [5.74, 6) is 1.63. The van der Waals surface area contributed by atoms with Gasteiger partial charge in [0.1, 0.15) is 11.5 Å². The van der Waals surface area contributed by atoms with Crippen LogP contribution in [0.15, 0.2) is 30.8 Å². The largest absolute Gasteiger partial charge is 0.494 e. The zero-order chi connectivity index (χ0) is 16.0. The second kappa shape index (κ2) is 12.1. The molecule has 0 atom stereocenters. The standard InChI is InChI=1S/C19H30O3/c1-4-5-6-7-16-22-19-12-10-18(11-13-19)17(2)21-15-9-8-14-20-3/h10-13H,2,4-9,14-16H2,1,3H3. The van der Waals surface area contributed by atoms with Crippen molar-refractivity contribution in [2.24, 2.45) is 0 Å². The van der Waals surface area contributed by atoms with E-state index in [1.165, 1.54) is 19.3 Å². The van der Waals surface area contributed by atoms with Crippen molar-refractivity contribution >= 4 is 5.76 Å². The number of unbranched alkanes of at least 4 members (excludes halogenated alkanes) is 4. The first-order valence-corrected chi connectivity index (χ1v) is 8.31. The van der Waals surface area contributed by atoms with Gasteiger partial charge in [0, 0.05) is 19.3 Å². The maximum Gasteiger partial charge on any atom is 0.119 e. The van der Waals surface area contributed by atoms with Gasteiger partial charge in [-0.2, -0.15) is 0 Å². The van der Waals surface area contributed by atoms with Gasteiger partial charge in [-0.1, -0.05) is 32.8 Å². The van der Waals surface area contributed by atoms with E-state index in [4.69, 9.17) is 14.2 Å². The Hall–Kier alpha value is -1.48. The molecule has 0 aliphatic carbocycles. The fourth-order valence-corrected chi connectivity index (χ4v) is 2.08. The minimum atomic E-state index is 0.678. The molecule has 124 valence electrons. The molecular formula is C19H30O3. The van der Waals surface area contributed by atoms with E-state index in [2.05, 4.69) is 13.5 Å². The van der Waals surface area contributed by atoms with E-state index >= 15 is 0 Å². The van der Waals surface area contributed by atoms with Crippen LogP contribution in [0.25, 0.3) is 5.76 Å². The summed E-state index contributed by atoms with van der Waals surface area (Å²) in [6.45, 7) is 8.43. The molecule has 3 nitrogen and oxygen atoms in total. The van der Waals surface area contributed by atoms with E-state index < -0.39 is 0 Å². The quantitative estimate of drug-likeness (QED) is 0.376. The minimum absolute atomic E-state index is 0.678. The number of hydrogen-bond donors (Lipinski definition) is 0. The molecular weight excluding hydrogens is 276 g/mol. The van der Waals surface area contributed by atoms with Gasteiger partial charge in [0.2, 0.25) is 0 Å². The number of ether oxygens (including phenoxy) is 3. The molecule has 0 aliphatic heterocycles. The molecule has 3 heteroatoms. The summed E-state index contributed by atoms with van der Waals surface area (Å²) in [6.07, 6.45) is 6.88. The maximum atomic E-state index is 5.73. The van der Waals surface area contributed by atoms with E-state index in [-0.39, 0.29) is 0 Å². The Balaban J connectivity index is 2.23. The topological polar surface area (TPSA) is 27.7 Å². The van der Waals surface area contributed by atoms with Gasteiger partial charge in [0.25, 0.3) is 0 Å². The Kier molecular flexibility index (Phi) is 10.2. The van der Waals surface area contributed by atoms with Crippen molar-refractivity contribution in [2.45, 2.75) is 45.4 Å². The zero-order valence-electron chi connectivity index (χ0n) is 14.1. The van der Waals surface area contributed by atoms with Crippen molar-refractivity contribution in [3.05, 3.63) is 36.4 Å². The van der Waals surface area contributed by atoms with E-state index in [1.54, 1.807) is 7.11 Å². The molecule has 0 bridgehead atoms. The molecule has 0 heterocycles. The highest BCUT2D eigenvalue weighted by molar-refractivity contribution is 5.58. The predicted molar refractivity (Wildman–Crippen MR) is 92.2 cm³/mol. The lowest BCUT2D eigenvalue weighted by molar-refractivity contribution is 0.180. The molecule has 1 aromatic carbocycles. The van der Waals surface area contributed by atoms with Crippen LogP contribution in [0.1, 0.15) is 51.0 Å². The summed E-state index contributed by atoms with van der Waals surface area (Å²) in [5, 5.41) is 0. The summed E-state index contributed by atoms with van der Waals surface area (Å²) in [4.78, 5) is 0. The average Bonchev–Trinajstić information content (AvgIpc) is 2.55. The summed E-state index contributed by atoms with van der Waals surface area (Å²) < 4.78 is 16.4. The number of benzene rings is 1. The third kappa shape index (κ3) is 8.08. The summed E-state index contributed by atoms with van der Waals surface area (Å²) in [7, 11) is 1.72. The van der Waals surface area contributed by atoms with Crippen LogP contribution in [0.3, 0.4) is 0 Å². The molecule has 0 N–H and O–H groups in total. The van der Waals surface area contributed by atoms with Crippen LogP contribution in [0.5, 0.6) is 5.75 Å². The second-order valence-electron chi connectivity index (χ2n) is 5.41. The average molecular weight is 306 g/mol. The molecule has 0 unspecified atom stereocenters. The summed E-state index contributed by atoms with van der Waals surface area (Å²) in [6, 6.07) is 7.96. The van der Waals surface area contributed by atoms with Crippen LogP contribution in [0.4, 0.5) is 0 Å². The summed E-state index contributed by atoms with van der Waals surface area (Å²) >= 11 is 0. The maximum absolute atomic E-state index is 5.73. The molecule has 0 aliphatic rings. The van der Waals surface area contributed by atoms with Crippen LogP contribution >= 0.6 is 0 Å². The molecule has 22 heavy (non-hydrogen) atoms. The number of methoxy groups -OCH3 is 1. The van der Waals surface area contributed by atoms with Crippen molar-refractivity contribution in [3.8, 4) is 5.75 Å². The van der Waals surface area contributed by atoms with E-state index in [0.717, 1.165) is 43.8 Å². The van der Waals surface area contributed by atoms with Crippen molar-refractivity contribution in [2.75, 3.05) is 26.9 Å². The minimum Gasteiger partial charge on any atom is -0.494 e. The third-order valence-corrected chi connectivity index (χ3v) is 3.46. The Morgan fingerprint density at radius 3 is 2.27 bits per heavy atom. The normalized spacial score (nSPS) is 10.5. The van der Waals surface area contributed by atoms with Crippen LogP contribution in [-0.4, -0.2) is 26.9 Å². The third-order valence-electron chi connectivity index (χ3n) is 3.46. The molecule has 1 rings (SSSR count). The van der Waals surface area contributed by atoms with Crippen molar-refractivity contribution in [1.82, 2.24) is 0 Å². The van der Waals surface area contributed by atoms with Crippen LogP contribution in [0, 0.1) is 0 Å². The summed E-state index contributed by atoms with van der Waals surface area (Å²) in [5.41, 5.74) is 1.00. The molecule has 0 saturated carbocycles. The lowest BCUT2D eigenvalue weighted by Gasteiger charge is -2.10. The fraction of sp³-hybridized carbons (Fsp3) is 0.579. The first-order valence-electron chi connectivity index (χ1n) is 8.31. The first-order chi connectivity index (χ1) is 10.8. The molecule has 0 aromatic heterocycles. The van der Waals surface area contributed by atoms with E-state index in [1.807, 2.05) is 24.3 Å². The van der Waals surface area contributed by atoms with Gasteiger partial charge >= 0.3 is 0 Å². The van der Waals surface area contributed by atoms with Crippen LogP contribution < -0.4 is 4.74 Å². The Labute approximate surface area is 135 Å². The highest BCUT2D eigenvalue weighted by atomic mass is 16.5. The second-order valence-corrected chi connectivity index (χ2v) is 5.41. The molecule has 1 aromatic rings. The van der Waals surface area contributed by atoms with Crippen molar-refractivity contribution < 1.29 is 14.2 Å². The molecule has 0 amide bonds. The van der Waals surface area contributed by atoms with Gasteiger partial charge in [0.15, 0.2) is 0 Å². The Morgan fingerprint density at radius 2 is 1.59 bits per heavy atom. The fourth-order valence-electron chi connectivity index (χ4n) is 2.08. The predicted octanol–water partition coefficient (Wildman–Crippen LogP) is 5.06.